The molecule has 256 valence electrons. The Morgan fingerprint density at radius 1 is 0.574 bits per heavy atom. The highest BCUT2D eigenvalue weighted by Crippen LogP contribution is 2.51. The smallest absolute Gasteiger partial charge is 0.178 e. The van der Waals surface area contributed by atoms with Crippen LogP contribution in [0.5, 0.6) is 0 Å². The lowest BCUT2D eigenvalue weighted by Crippen LogP contribution is -2.33. The first kappa shape index (κ1) is 30.7. The molecule has 0 bridgehead atoms. The molecule has 1 atom stereocenters. The predicted octanol–water partition coefficient (Wildman–Crippen LogP) is 11.3. The van der Waals surface area contributed by atoms with Crippen molar-refractivity contribution in [2.45, 2.75) is 25.4 Å². The number of aromatic nitrogens is 2. The van der Waals surface area contributed by atoms with Crippen LogP contribution in [0, 0.1) is 0 Å². The number of aliphatic imine (C=N–C) groups is 2. The summed E-state index contributed by atoms with van der Waals surface area (Å²) in [6.07, 6.45) is 1.63. The van der Waals surface area contributed by atoms with E-state index in [1.54, 1.807) is 0 Å². The van der Waals surface area contributed by atoms with Crippen molar-refractivity contribution in [3.05, 3.63) is 192 Å². The summed E-state index contributed by atoms with van der Waals surface area (Å²) >= 11 is 0. The molecule has 0 amide bonds. The number of para-hydroxylation sites is 1. The molecule has 9 aromatic rings. The van der Waals surface area contributed by atoms with Gasteiger partial charge < -0.3 is 9.88 Å². The largest absolute Gasteiger partial charge is 0.344 e. The molecule has 1 aliphatic heterocycles. The molecule has 1 unspecified atom stereocenters. The minimum absolute atomic E-state index is 0.0982. The van der Waals surface area contributed by atoms with Gasteiger partial charge in [0.15, 0.2) is 5.84 Å². The maximum absolute atomic E-state index is 5.18. The molecule has 2 aromatic heterocycles. The normalized spacial score (nSPS) is 15.9. The van der Waals surface area contributed by atoms with Crippen LogP contribution >= 0.6 is 0 Å². The minimum atomic E-state index is -0.336. The van der Waals surface area contributed by atoms with Crippen molar-refractivity contribution in [3.8, 4) is 16.8 Å². The molecule has 1 N–H and O–H groups in total. The third-order valence-corrected chi connectivity index (χ3v) is 11.5. The Morgan fingerprint density at radius 3 is 2.11 bits per heavy atom. The van der Waals surface area contributed by atoms with Gasteiger partial charge in [0.2, 0.25) is 0 Å². The molecule has 0 saturated heterocycles. The van der Waals surface area contributed by atoms with Crippen molar-refractivity contribution >= 4 is 55.0 Å². The molecule has 0 fully saturated rings. The first-order chi connectivity index (χ1) is 26.5. The van der Waals surface area contributed by atoms with E-state index in [2.05, 4.69) is 181 Å². The molecule has 5 nitrogen and oxygen atoms in total. The van der Waals surface area contributed by atoms with Crippen LogP contribution < -0.4 is 5.32 Å². The predicted molar refractivity (Wildman–Crippen MR) is 223 cm³/mol. The Bertz CT molecular complexity index is 3060. The maximum atomic E-state index is 5.18. The van der Waals surface area contributed by atoms with E-state index >= 15 is 0 Å². The fourth-order valence-corrected chi connectivity index (χ4v) is 8.69. The summed E-state index contributed by atoms with van der Waals surface area (Å²) < 4.78 is 2.35. The van der Waals surface area contributed by atoms with Crippen LogP contribution in [0.3, 0.4) is 0 Å². The second-order valence-electron chi connectivity index (χ2n) is 15.0. The highest BCUT2D eigenvalue weighted by molar-refractivity contribution is 6.14. The number of hydrogen-bond donors (Lipinski definition) is 1. The van der Waals surface area contributed by atoms with Gasteiger partial charge in [-0.25, -0.2) is 9.98 Å². The van der Waals surface area contributed by atoms with Gasteiger partial charge in [-0.2, -0.15) is 0 Å². The van der Waals surface area contributed by atoms with Gasteiger partial charge in [-0.1, -0.05) is 129 Å². The highest BCUT2D eigenvalue weighted by Gasteiger charge is 2.36. The summed E-state index contributed by atoms with van der Waals surface area (Å²) in [4.78, 5) is 15.4. The maximum Gasteiger partial charge on any atom is 0.178 e. The number of nitrogens with zero attached hydrogens (tertiary/aromatic N) is 4. The average molecular weight is 694 g/mol. The summed E-state index contributed by atoms with van der Waals surface area (Å²) in [5, 5.41) is 10.9. The molecule has 7 aromatic carbocycles. The molecule has 11 rings (SSSR count). The van der Waals surface area contributed by atoms with E-state index in [-0.39, 0.29) is 11.6 Å². The average Bonchev–Trinajstić information content (AvgIpc) is 3.67. The van der Waals surface area contributed by atoms with Gasteiger partial charge >= 0.3 is 0 Å². The first-order valence-electron chi connectivity index (χ1n) is 18.5. The van der Waals surface area contributed by atoms with Crippen LogP contribution in [-0.2, 0) is 5.41 Å². The van der Waals surface area contributed by atoms with Crippen LogP contribution in [0.15, 0.2) is 174 Å². The second-order valence-corrected chi connectivity index (χ2v) is 15.0. The molecule has 0 radical (unpaired) electrons. The fraction of sp³-hybridized carbons (Fsp3) is 0.0816. The van der Waals surface area contributed by atoms with Crippen molar-refractivity contribution < 1.29 is 0 Å². The zero-order chi connectivity index (χ0) is 36.0. The van der Waals surface area contributed by atoms with Gasteiger partial charge in [-0.05, 0) is 91.8 Å². The Hall–Kier alpha value is -6.85. The van der Waals surface area contributed by atoms with Crippen LogP contribution in [0.4, 0.5) is 0 Å². The lowest BCUT2D eigenvalue weighted by molar-refractivity contribution is 0.661. The van der Waals surface area contributed by atoms with E-state index in [1.165, 1.54) is 54.7 Å². The van der Waals surface area contributed by atoms with Crippen molar-refractivity contribution in [2.24, 2.45) is 9.98 Å². The van der Waals surface area contributed by atoms with Gasteiger partial charge in [0, 0.05) is 21.8 Å². The molecule has 2 aliphatic rings. The van der Waals surface area contributed by atoms with Gasteiger partial charge in [0.1, 0.15) is 17.7 Å². The molecule has 3 heterocycles. The molecule has 0 saturated carbocycles. The molecule has 1 aliphatic carbocycles. The SMILES string of the molecule is CC1(C)c2ccccc2-c2cc3c4ccccc4n(-c4ccc(C5=NC(c6ccc7ccccc7c6)NC(c6ccc7ccccc7c6)=N5)nc4)c3cc21. The molecular formula is C49H35N5. The van der Waals surface area contributed by atoms with E-state index in [0.717, 1.165) is 39.2 Å². The molecule has 5 heteroatoms. The van der Waals surface area contributed by atoms with Crippen LogP contribution in [-0.4, -0.2) is 21.2 Å². The van der Waals surface area contributed by atoms with Gasteiger partial charge in [0.05, 0.1) is 22.9 Å². The Labute approximate surface area is 313 Å². The number of amidine groups is 2. The lowest BCUT2D eigenvalue weighted by atomic mass is 9.82. The third-order valence-electron chi connectivity index (χ3n) is 11.5. The number of nitrogens with one attached hydrogen (secondary N) is 1. The van der Waals surface area contributed by atoms with Gasteiger partial charge in [0.25, 0.3) is 0 Å². The lowest BCUT2D eigenvalue weighted by Gasteiger charge is -2.24. The van der Waals surface area contributed by atoms with Crippen molar-refractivity contribution in [2.75, 3.05) is 0 Å². The number of fused-ring (bicyclic) bond motifs is 8. The Morgan fingerprint density at radius 2 is 1.30 bits per heavy atom. The van der Waals surface area contributed by atoms with Gasteiger partial charge in [-0.15, -0.1) is 0 Å². The summed E-state index contributed by atoms with van der Waals surface area (Å²) in [7, 11) is 0. The number of benzene rings is 7. The van der Waals surface area contributed by atoms with Crippen LogP contribution in [0.2, 0.25) is 0 Å². The zero-order valence-electron chi connectivity index (χ0n) is 30.0. The van der Waals surface area contributed by atoms with E-state index in [4.69, 9.17) is 15.0 Å². The Kier molecular flexibility index (Phi) is 6.59. The second kappa shape index (κ2) is 11.6. The monoisotopic (exact) mass is 693 g/mol. The third kappa shape index (κ3) is 4.68. The van der Waals surface area contributed by atoms with E-state index < -0.39 is 0 Å². The van der Waals surface area contributed by atoms with Crippen molar-refractivity contribution in [3.63, 3.8) is 0 Å². The standard InChI is InChI=1S/C49H35N5/c1-49(2)41-17-9-7-15-37(41)39-27-40-38-16-8-10-18-44(38)54(45(40)28-42(39)49)36-23-24-43(50-29-36)48-52-46(34-21-19-30-11-3-5-13-32(30)25-34)51-47(53-48)35-22-20-31-12-4-6-14-33(31)26-35/h3-29,46H,1-2H3,(H,51,52,53). The molecule has 54 heavy (non-hydrogen) atoms. The van der Waals surface area contributed by atoms with Crippen molar-refractivity contribution in [1.82, 2.24) is 14.9 Å². The first-order valence-corrected chi connectivity index (χ1v) is 18.5. The fourth-order valence-electron chi connectivity index (χ4n) is 8.69. The minimum Gasteiger partial charge on any atom is -0.344 e. The summed E-state index contributed by atoms with van der Waals surface area (Å²) in [5.41, 5.74) is 11.4. The number of rotatable bonds is 4. The molecule has 0 spiro atoms. The summed E-state index contributed by atoms with van der Waals surface area (Å²) in [6.45, 7) is 4.68. The number of hydrogen-bond acceptors (Lipinski definition) is 4. The van der Waals surface area contributed by atoms with E-state index in [0.29, 0.717) is 5.84 Å². The van der Waals surface area contributed by atoms with Crippen LogP contribution in [0.1, 0.15) is 48.0 Å². The topological polar surface area (TPSA) is 54.6 Å². The Balaban J connectivity index is 1.04. The number of pyridine rings is 1. The quantitative estimate of drug-likeness (QED) is 0.199. The molecular weight excluding hydrogens is 659 g/mol. The summed E-state index contributed by atoms with van der Waals surface area (Å²) in [5.74, 6) is 1.37. The van der Waals surface area contributed by atoms with E-state index in [1.807, 2.05) is 6.20 Å². The van der Waals surface area contributed by atoms with Gasteiger partial charge in [-0.3, -0.25) is 4.98 Å². The van der Waals surface area contributed by atoms with E-state index in [9.17, 15) is 0 Å². The summed E-state index contributed by atoms with van der Waals surface area (Å²) in [6, 6.07) is 56.4. The zero-order valence-corrected chi connectivity index (χ0v) is 30.0. The van der Waals surface area contributed by atoms with Crippen molar-refractivity contribution in [1.29, 1.82) is 0 Å². The van der Waals surface area contributed by atoms with Crippen LogP contribution in [0.25, 0.3) is 60.2 Å². The highest BCUT2D eigenvalue weighted by atomic mass is 15.2.